The quantitative estimate of drug-likeness (QED) is 0.298. The van der Waals surface area contributed by atoms with Gasteiger partial charge in [-0.2, -0.15) is 5.26 Å². The van der Waals surface area contributed by atoms with Crippen molar-refractivity contribution >= 4 is 28.7 Å². The average molecular weight is 449 g/mol. The fraction of sp³-hybridized carbons (Fsp3) is 0.136. The number of fused-ring (bicyclic) bond motifs is 1. The van der Waals surface area contributed by atoms with Gasteiger partial charge in [0, 0.05) is 17.3 Å². The number of aromatic nitrogens is 1. The number of carbonyl (C=O) groups excluding carboxylic acids is 2. The minimum Gasteiger partial charge on any atom is -0.506 e. The number of nitrogens with one attached hydrogen (secondary N) is 1. The molecule has 0 aliphatic rings. The molecule has 0 fully saturated rings. The third-order valence-corrected chi connectivity index (χ3v) is 4.64. The van der Waals surface area contributed by atoms with Gasteiger partial charge in [0.25, 0.3) is 5.91 Å². The van der Waals surface area contributed by atoms with Crippen LogP contribution in [-0.4, -0.2) is 50.6 Å². The Balaban J connectivity index is 1.90. The number of carbonyl (C=O) groups is 3. The predicted molar refractivity (Wildman–Crippen MR) is 115 cm³/mol. The second kappa shape index (κ2) is 9.97. The van der Waals surface area contributed by atoms with Crippen LogP contribution in [0.3, 0.4) is 0 Å². The van der Waals surface area contributed by atoms with E-state index in [9.17, 15) is 29.9 Å². The number of hydrogen-bond acceptors (Lipinski definition) is 7. The normalized spacial score (nSPS) is 11.2. The Hall–Kier alpha value is -4.85. The van der Waals surface area contributed by atoms with Crippen molar-refractivity contribution in [2.75, 3.05) is 6.54 Å². The topological polar surface area (TPSA) is 179 Å². The molecule has 0 unspecified atom stereocenters. The Kier molecular flexibility index (Phi) is 6.90. The van der Waals surface area contributed by atoms with Gasteiger partial charge in [-0.1, -0.05) is 18.2 Å². The van der Waals surface area contributed by atoms with E-state index in [0.717, 1.165) is 6.20 Å². The Morgan fingerprint density at radius 3 is 2.52 bits per heavy atom. The van der Waals surface area contributed by atoms with Crippen molar-refractivity contribution in [1.82, 2.24) is 15.2 Å². The van der Waals surface area contributed by atoms with Crippen molar-refractivity contribution in [2.24, 2.45) is 5.73 Å². The number of nitriles is 1. The van der Waals surface area contributed by atoms with Crippen LogP contribution in [0.5, 0.6) is 17.2 Å². The molecule has 0 spiro atoms. The van der Waals surface area contributed by atoms with Crippen LogP contribution in [0.4, 0.5) is 4.79 Å². The lowest BCUT2D eigenvalue weighted by Gasteiger charge is -2.18. The summed E-state index contributed by atoms with van der Waals surface area (Å²) in [4.78, 5) is 40.0. The number of primary amides is 1. The molecule has 3 aromatic rings. The molecule has 0 aliphatic carbocycles. The number of pyridine rings is 1. The van der Waals surface area contributed by atoms with Gasteiger partial charge in [-0.3, -0.25) is 4.79 Å². The highest BCUT2D eigenvalue weighted by Gasteiger charge is 2.25. The molecular weight excluding hydrogens is 430 g/mol. The van der Waals surface area contributed by atoms with Crippen LogP contribution in [0.1, 0.15) is 16.9 Å². The van der Waals surface area contributed by atoms with Crippen molar-refractivity contribution < 1.29 is 29.3 Å². The van der Waals surface area contributed by atoms with E-state index in [0.29, 0.717) is 21.8 Å². The van der Waals surface area contributed by atoms with Crippen molar-refractivity contribution in [3.63, 3.8) is 0 Å². The Bertz CT molecular complexity index is 1240. The molecule has 0 saturated heterocycles. The summed E-state index contributed by atoms with van der Waals surface area (Å²) < 4.78 is 5.77. The van der Waals surface area contributed by atoms with E-state index in [1.807, 2.05) is 11.4 Å². The van der Waals surface area contributed by atoms with Gasteiger partial charge in [0.15, 0.2) is 6.19 Å². The average Bonchev–Trinajstić information content (AvgIpc) is 2.79. The number of amides is 3. The van der Waals surface area contributed by atoms with Gasteiger partial charge < -0.3 is 26.0 Å². The van der Waals surface area contributed by atoms with Gasteiger partial charge in [0.1, 0.15) is 29.0 Å². The molecule has 2 aromatic carbocycles. The van der Waals surface area contributed by atoms with Crippen LogP contribution in [0.2, 0.25) is 0 Å². The zero-order valence-electron chi connectivity index (χ0n) is 17.1. The summed E-state index contributed by atoms with van der Waals surface area (Å²) in [6.45, 7) is -0.323. The van der Waals surface area contributed by atoms with E-state index >= 15 is 0 Å². The molecule has 33 heavy (non-hydrogen) atoms. The van der Waals surface area contributed by atoms with Gasteiger partial charge in [-0.15, -0.1) is 0 Å². The van der Waals surface area contributed by atoms with E-state index < -0.39 is 23.9 Å². The van der Waals surface area contributed by atoms with E-state index in [-0.39, 0.29) is 29.8 Å². The maximum absolute atomic E-state index is 13.0. The highest BCUT2D eigenvalue weighted by Crippen LogP contribution is 2.32. The molecule has 168 valence electrons. The summed E-state index contributed by atoms with van der Waals surface area (Å²) in [5, 5.41) is 31.4. The molecule has 3 rings (SSSR count). The van der Waals surface area contributed by atoms with Crippen molar-refractivity contribution in [2.45, 2.75) is 12.5 Å². The maximum atomic E-state index is 13.0. The number of ether oxygens (including phenoxy) is 1. The number of benzene rings is 2. The van der Waals surface area contributed by atoms with Gasteiger partial charge in [0.05, 0.1) is 6.20 Å². The molecular formula is C22H19N5O6. The van der Waals surface area contributed by atoms with Crippen LogP contribution in [-0.2, 0) is 4.79 Å². The largest absolute Gasteiger partial charge is 0.506 e. The summed E-state index contributed by atoms with van der Waals surface area (Å²) in [5.41, 5.74) is 4.82. The zero-order valence-corrected chi connectivity index (χ0v) is 17.1. The molecule has 3 amide bonds. The fourth-order valence-electron chi connectivity index (χ4n) is 3.08. The van der Waals surface area contributed by atoms with Gasteiger partial charge in [-0.05, 0) is 36.8 Å². The number of nitrogens with zero attached hydrogens (tertiary/aromatic N) is 3. The zero-order chi connectivity index (χ0) is 24.0. The van der Waals surface area contributed by atoms with Gasteiger partial charge >= 0.3 is 12.0 Å². The van der Waals surface area contributed by atoms with Crippen LogP contribution >= 0.6 is 0 Å². The number of carboxylic acid groups (broad SMARTS) is 1. The lowest BCUT2D eigenvalue weighted by Crippen LogP contribution is -2.45. The number of urea groups is 1. The molecule has 0 saturated carbocycles. The third-order valence-electron chi connectivity index (χ3n) is 4.64. The third kappa shape index (κ3) is 5.45. The molecule has 0 aliphatic heterocycles. The predicted octanol–water partition coefficient (Wildman–Crippen LogP) is 2.17. The highest BCUT2D eigenvalue weighted by atomic mass is 16.5. The highest BCUT2D eigenvalue weighted by molar-refractivity contribution is 6.07. The van der Waals surface area contributed by atoms with Gasteiger partial charge in [-0.25, -0.2) is 19.5 Å². The molecule has 5 N–H and O–H groups in total. The molecule has 0 bridgehead atoms. The lowest BCUT2D eigenvalue weighted by molar-refractivity contribution is -0.139. The van der Waals surface area contributed by atoms with Crippen molar-refractivity contribution in [3.05, 3.63) is 60.4 Å². The summed E-state index contributed by atoms with van der Waals surface area (Å²) in [6, 6.07) is 11.1. The lowest BCUT2D eigenvalue weighted by atomic mass is 10.1. The Labute approximate surface area is 187 Å². The molecule has 11 nitrogen and oxygen atoms in total. The Morgan fingerprint density at radius 1 is 1.15 bits per heavy atom. The number of hydrogen-bond donors (Lipinski definition) is 4. The van der Waals surface area contributed by atoms with Crippen LogP contribution in [0.25, 0.3) is 10.8 Å². The van der Waals surface area contributed by atoms with Crippen LogP contribution in [0.15, 0.2) is 54.7 Å². The van der Waals surface area contributed by atoms with E-state index in [1.54, 1.807) is 42.6 Å². The van der Waals surface area contributed by atoms with Crippen LogP contribution in [0, 0.1) is 11.5 Å². The molecule has 11 heteroatoms. The van der Waals surface area contributed by atoms with Crippen LogP contribution < -0.4 is 15.8 Å². The number of carboxylic acids is 1. The van der Waals surface area contributed by atoms with Crippen molar-refractivity contribution in [3.8, 4) is 23.4 Å². The minimum absolute atomic E-state index is 0.141. The summed E-state index contributed by atoms with van der Waals surface area (Å²) >= 11 is 0. The number of aromatic hydroxyl groups is 1. The molecule has 1 heterocycles. The summed E-state index contributed by atoms with van der Waals surface area (Å²) in [7, 11) is 0. The maximum Gasteiger partial charge on any atom is 0.326 e. The SMILES string of the molecule is N#CN(CC[C@@H](NC(N)=O)C(=O)O)C(=O)c1ncc(O)c2ccc(Oc3ccccc3)cc12. The fourth-order valence-corrected chi connectivity index (χ4v) is 3.08. The smallest absolute Gasteiger partial charge is 0.326 e. The second-order valence-corrected chi connectivity index (χ2v) is 6.86. The Morgan fingerprint density at radius 2 is 1.88 bits per heavy atom. The van der Waals surface area contributed by atoms with Gasteiger partial charge in [0.2, 0.25) is 0 Å². The van der Waals surface area contributed by atoms with E-state index in [1.165, 1.54) is 6.07 Å². The number of nitrogens with two attached hydrogens (primary N) is 1. The first-order valence-electron chi connectivity index (χ1n) is 9.65. The molecule has 1 atom stereocenters. The summed E-state index contributed by atoms with van der Waals surface area (Å²) in [6.07, 6.45) is 2.51. The first-order chi connectivity index (χ1) is 15.8. The monoisotopic (exact) mass is 449 g/mol. The van der Waals surface area contributed by atoms with E-state index in [4.69, 9.17) is 10.5 Å². The second-order valence-electron chi connectivity index (χ2n) is 6.86. The number of para-hydroxylation sites is 1. The summed E-state index contributed by atoms with van der Waals surface area (Å²) in [5.74, 6) is -1.43. The molecule has 1 aromatic heterocycles. The first kappa shape index (κ1) is 22.8. The first-order valence-corrected chi connectivity index (χ1v) is 9.65. The van der Waals surface area contributed by atoms with Crippen molar-refractivity contribution in [1.29, 1.82) is 5.26 Å². The van der Waals surface area contributed by atoms with E-state index in [2.05, 4.69) is 4.98 Å². The minimum atomic E-state index is -1.39. The number of rotatable bonds is 8. The molecule has 0 radical (unpaired) electrons. The number of aliphatic carboxylic acids is 1. The standard InChI is InChI=1S/C22H19N5O6/c23-12-27(9-8-17(21(30)31)26-22(24)32)20(29)19-16-10-14(33-13-4-2-1-3-5-13)6-7-15(16)18(28)11-25-19/h1-7,10-11,17,28H,8-9H2,(H,30,31)(H3,24,26,32)/t17-/m1/s1.